The zero-order valence-electron chi connectivity index (χ0n) is 16.6. The first-order valence-electron chi connectivity index (χ1n) is 9.31. The van der Waals surface area contributed by atoms with E-state index in [2.05, 4.69) is 11.8 Å². The van der Waals surface area contributed by atoms with Crippen molar-refractivity contribution < 1.29 is 14.3 Å². The first-order chi connectivity index (χ1) is 13.0. The van der Waals surface area contributed by atoms with Crippen LogP contribution >= 0.6 is 0 Å². The standard InChI is InChI=1S/C22H28N2O3/c1-16-5-6-18(13-17(16)2)22(25)24-11-9-23(10-12-24)15-19-14-20(26-3)7-8-21(19)27-4/h5-8,13-14H,9-12,15H2,1-4H3. The number of ether oxygens (including phenoxy) is 2. The van der Waals surface area contributed by atoms with Crippen LogP contribution in [0.15, 0.2) is 36.4 Å². The van der Waals surface area contributed by atoms with Gasteiger partial charge in [0.15, 0.2) is 0 Å². The van der Waals surface area contributed by atoms with Crippen LogP contribution < -0.4 is 9.47 Å². The molecule has 0 bridgehead atoms. The van der Waals surface area contributed by atoms with Crippen molar-refractivity contribution in [3.8, 4) is 11.5 Å². The van der Waals surface area contributed by atoms with Crippen LogP contribution in [0.5, 0.6) is 11.5 Å². The Morgan fingerprint density at radius 1 is 0.926 bits per heavy atom. The molecule has 0 saturated carbocycles. The minimum Gasteiger partial charge on any atom is -0.497 e. The summed E-state index contributed by atoms with van der Waals surface area (Å²) >= 11 is 0. The first kappa shape index (κ1) is 19.2. The van der Waals surface area contributed by atoms with E-state index in [1.54, 1.807) is 14.2 Å². The lowest BCUT2D eigenvalue weighted by atomic mass is 10.1. The third kappa shape index (κ3) is 4.42. The fraction of sp³-hybridized carbons (Fsp3) is 0.409. The van der Waals surface area contributed by atoms with E-state index in [1.807, 2.05) is 48.2 Å². The van der Waals surface area contributed by atoms with Crippen molar-refractivity contribution in [3.05, 3.63) is 58.7 Å². The molecule has 1 heterocycles. The van der Waals surface area contributed by atoms with E-state index in [0.717, 1.165) is 60.9 Å². The van der Waals surface area contributed by atoms with Gasteiger partial charge in [0, 0.05) is 43.9 Å². The monoisotopic (exact) mass is 368 g/mol. The third-order valence-corrected chi connectivity index (χ3v) is 5.29. The van der Waals surface area contributed by atoms with Gasteiger partial charge in [-0.15, -0.1) is 0 Å². The van der Waals surface area contributed by atoms with E-state index in [9.17, 15) is 4.79 Å². The number of methoxy groups -OCH3 is 2. The molecule has 1 amide bonds. The highest BCUT2D eigenvalue weighted by Gasteiger charge is 2.23. The van der Waals surface area contributed by atoms with E-state index >= 15 is 0 Å². The number of rotatable bonds is 5. The molecule has 0 spiro atoms. The summed E-state index contributed by atoms with van der Waals surface area (Å²) < 4.78 is 10.8. The molecule has 2 aromatic rings. The molecule has 144 valence electrons. The fourth-order valence-electron chi connectivity index (χ4n) is 3.41. The summed E-state index contributed by atoms with van der Waals surface area (Å²) in [5.41, 5.74) is 4.25. The topological polar surface area (TPSA) is 42.0 Å². The maximum Gasteiger partial charge on any atom is 0.253 e. The minimum atomic E-state index is 0.122. The fourth-order valence-corrected chi connectivity index (χ4v) is 3.41. The molecule has 1 aliphatic rings. The van der Waals surface area contributed by atoms with E-state index in [0.29, 0.717) is 0 Å². The van der Waals surface area contributed by atoms with Crippen LogP contribution in [0.4, 0.5) is 0 Å². The van der Waals surface area contributed by atoms with Gasteiger partial charge in [-0.05, 0) is 55.3 Å². The van der Waals surface area contributed by atoms with Crippen LogP contribution in [-0.4, -0.2) is 56.1 Å². The van der Waals surface area contributed by atoms with E-state index in [4.69, 9.17) is 9.47 Å². The number of amides is 1. The molecule has 0 aliphatic carbocycles. The molecule has 0 unspecified atom stereocenters. The van der Waals surface area contributed by atoms with Crippen molar-refractivity contribution in [2.45, 2.75) is 20.4 Å². The number of hydrogen-bond donors (Lipinski definition) is 0. The maximum absolute atomic E-state index is 12.8. The van der Waals surface area contributed by atoms with Crippen molar-refractivity contribution in [1.82, 2.24) is 9.80 Å². The zero-order valence-corrected chi connectivity index (χ0v) is 16.6. The van der Waals surface area contributed by atoms with Gasteiger partial charge in [-0.2, -0.15) is 0 Å². The SMILES string of the molecule is COc1ccc(OC)c(CN2CCN(C(=O)c3ccc(C)c(C)c3)CC2)c1. The molecule has 1 aliphatic heterocycles. The third-order valence-electron chi connectivity index (χ3n) is 5.29. The first-order valence-corrected chi connectivity index (χ1v) is 9.31. The molecule has 0 N–H and O–H groups in total. The summed E-state index contributed by atoms with van der Waals surface area (Å²) in [6.45, 7) is 8.05. The molecule has 0 aromatic heterocycles. The van der Waals surface area contributed by atoms with E-state index in [-0.39, 0.29) is 5.91 Å². The van der Waals surface area contributed by atoms with Crippen molar-refractivity contribution >= 4 is 5.91 Å². The van der Waals surface area contributed by atoms with Gasteiger partial charge in [0.25, 0.3) is 5.91 Å². The Morgan fingerprint density at radius 2 is 1.67 bits per heavy atom. The number of hydrogen-bond acceptors (Lipinski definition) is 4. The van der Waals surface area contributed by atoms with Gasteiger partial charge in [0.05, 0.1) is 14.2 Å². The molecule has 2 aromatic carbocycles. The molecule has 5 nitrogen and oxygen atoms in total. The summed E-state index contributed by atoms with van der Waals surface area (Å²) in [5.74, 6) is 1.82. The van der Waals surface area contributed by atoms with Crippen LogP contribution in [0, 0.1) is 13.8 Å². The predicted molar refractivity (Wildman–Crippen MR) is 107 cm³/mol. The van der Waals surface area contributed by atoms with Crippen molar-refractivity contribution in [2.75, 3.05) is 40.4 Å². The number of carbonyl (C=O) groups excluding carboxylic acids is 1. The summed E-state index contributed by atoms with van der Waals surface area (Å²) in [5, 5.41) is 0. The molecule has 0 radical (unpaired) electrons. The minimum absolute atomic E-state index is 0.122. The second-order valence-electron chi connectivity index (χ2n) is 7.05. The number of carbonyl (C=O) groups is 1. The summed E-state index contributed by atoms with van der Waals surface area (Å²) in [7, 11) is 3.36. The van der Waals surface area contributed by atoms with E-state index < -0.39 is 0 Å². The maximum atomic E-state index is 12.8. The van der Waals surface area contributed by atoms with Crippen LogP contribution in [0.1, 0.15) is 27.0 Å². The molecule has 1 fully saturated rings. The quantitative estimate of drug-likeness (QED) is 0.812. The Kier molecular flexibility index (Phi) is 6.01. The Bertz CT molecular complexity index is 811. The predicted octanol–water partition coefficient (Wildman–Crippen LogP) is 3.28. The van der Waals surface area contributed by atoms with Gasteiger partial charge in [-0.3, -0.25) is 9.69 Å². The second-order valence-corrected chi connectivity index (χ2v) is 7.05. The van der Waals surface area contributed by atoms with Crippen LogP contribution in [0.3, 0.4) is 0 Å². The van der Waals surface area contributed by atoms with Gasteiger partial charge in [0.1, 0.15) is 11.5 Å². The van der Waals surface area contributed by atoms with Gasteiger partial charge < -0.3 is 14.4 Å². The highest BCUT2D eigenvalue weighted by atomic mass is 16.5. The summed E-state index contributed by atoms with van der Waals surface area (Å²) in [4.78, 5) is 17.1. The molecular formula is C22H28N2O3. The van der Waals surface area contributed by atoms with Gasteiger partial charge in [-0.25, -0.2) is 0 Å². The molecule has 27 heavy (non-hydrogen) atoms. The Balaban J connectivity index is 1.62. The number of nitrogens with zero attached hydrogens (tertiary/aromatic N) is 2. The lowest BCUT2D eigenvalue weighted by Gasteiger charge is -2.35. The van der Waals surface area contributed by atoms with E-state index in [1.165, 1.54) is 5.56 Å². The largest absolute Gasteiger partial charge is 0.497 e. The number of benzene rings is 2. The summed E-state index contributed by atoms with van der Waals surface area (Å²) in [6, 6.07) is 11.8. The zero-order chi connectivity index (χ0) is 19.4. The van der Waals surface area contributed by atoms with Crippen LogP contribution in [-0.2, 0) is 6.54 Å². The Labute approximate surface area is 161 Å². The van der Waals surface area contributed by atoms with Crippen molar-refractivity contribution in [1.29, 1.82) is 0 Å². The Morgan fingerprint density at radius 3 is 2.30 bits per heavy atom. The van der Waals surface area contributed by atoms with Gasteiger partial charge >= 0.3 is 0 Å². The molecule has 0 atom stereocenters. The summed E-state index contributed by atoms with van der Waals surface area (Å²) in [6.07, 6.45) is 0. The molecule has 5 heteroatoms. The van der Waals surface area contributed by atoms with Crippen LogP contribution in [0.2, 0.25) is 0 Å². The molecule has 3 rings (SSSR count). The highest BCUT2D eigenvalue weighted by Crippen LogP contribution is 2.25. The van der Waals surface area contributed by atoms with Gasteiger partial charge in [0.2, 0.25) is 0 Å². The normalized spacial score (nSPS) is 14.9. The van der Waals surface area contributed by atoms with Crippen molar-refractivity contribution in [2.24, 2.45) is 0 Å². The average molecular weight is 368 g/mol. The molecular weight excluding hydrogens is 340 g/mol. The second kappa shape index (κ2) is 8.44. The lowest BCUT2D eigenvalue weighted by Crippen LogP contribution is -2.48. The Hall–Kier alpha value is -2.53. The number of aryl methyl sites for hydroxylation is 2. The average Bonchev–Trinajstić information content (AvgIpc) is 2.70. The van der Waals surface area contributed by atoms with Crippen LogP contribution in [0.25, 0.3) is 0 Å². The lowest BCUT2D eigenvalue weighted by molar-refractivity contribution is 0.0627. The highest BCUT2D eigenvalue weighted by molar-refractivity contribution is 5.94. The smallest absolute Gasteiger partial charge is 0.253 e. The van der Waals surface area contributed by atoms with Crippen molar-refractivity contribution in [3.63, 3.8) is 0 Å². The molecule has 1 saturated heterocycles. The number of piperazine rings is 1. The van der Waals surface area contributed by atoms with Gasteiger partial charge in [-0.1, -0.05) is 6.07 Å².